The fourth-order valence-corrected chi connectivity index (χ4v) is 1.85. The molecule has 106 valence electrons. The van der Waals surface area contributed by atoms with Crippen molar-refractivity contribution in [2.24, 2.45) is 5.92 Å². The minimum atomic E-state index is -0.984. The van der Waals surface area contributed by atoms with Crippen LogP contribution in [0.1, 0.15) is 47.5 Å². The first-order chi connectivity index (χ1) is 8.27. The Labute approximate surface area is 110 Å². The van der Waals surface area contributed by atoms with Crippen molar-refractivity contribution in [3.63, 3.8) is 0 Å². The quantitative estimate of drug-likeness (QED) is 0.736. The molecule has 0 aliphatic carbocycles. The first-order valence-electron chi connectivity index (χ1n) is 6.56. The number of hydrogen-bond donors (Lipinski definition) is 2. The highest BCUT2D eigenvalue weighted by atomic mass is 16.4. The number of carbonyl (C=O) groups is 2. The topological polar surface area (TPSA) is 69.6 Å². The SMILES string of the molecule is CCC(C)N(CC(=O)O)C(=O)NC(C)CC(C)C. The molecule has 0 aliphatic heterocycles. The van der Waals surface area contributed by atoms with Crippen molar-refractivity contribution in [2.75, 3.05) is 6.54 Å². The summed E-state index contributed by atoms with van der Waals surface area (Å²) in [4.78, 5) is 24.2. The Balaban J connectivity index is 4.50. The number of urea groups is 1. The number of carboxylic acid groups (broad SMARTS) is 1. The van der Waals surface area contributed by atoms with E-state index in [-0.39, 0.29) is 24.7 Å². The van der Waals surface area contributed by atoms with Crippen LogP contribution in [0.5, 0.6) is 0 Å². The third kappa shape index (κ3) is 6.47. The molecule has 0 aromatic heterocycles. The van der Waals surface area contributed by atoms with Crippen molar-refractivity contribution in [2.45, 2.75) is 59.5 Å². The monoisotopic (exact) mass is 258 g/mol. The summed E-state index contributed by atoms with van der Waals surface area (Å²) in [6.45, 7) is 9.65. The lowest BCUT2D eigenvalue weighted by molar-refractivity contribution is -0.138. The fraction of sp³-hybridized carbons (Fsp3) is 0.846. The van der Waals surface area contributed by atoms with E-state index in [0.717, 1.165) is 12.8 Å². The number of nitrogens with zero attached hydrogens (tertiary/aromatic N) is 1. The molecule has 0 spiro atoms. The Bertz CT molecular complexity index is 279. The van der Waals surface area contributed by atoms with Gasteiger partial charge in [-0.3, -0.25) is 4.79 Å². The maximum absolute atomic E-state index is 12.0. The Morgan fingerprint density at radius 2 is 1.78 bits per heavy atom. The number of rotatable bonds is 7. The Morgan fingerprint density at radius 3 is 2.17 bits per heavy atom. The van der Waals surface area contributed by atoms with Crippen molar-refractivity contribution in [1.82, 2.24) is 10.2 Å². The van der Waals surface area contributed by atoms with E-state index in [0.29, 0.717) is 5.92 Å². The predicted molar refractivity (Wildman–Crippen MR) is 71.5 cm³/mol. The molecule has 2 amide bonds. The van der Waals surface area contributed by atoms with Crippen LogP contribution in [0, 0.1) is 5.92 Å². The molecular weight excluding hydrogens is 232 g/mol. The van der Waals surface area contributed by atoms with Crippen molar-refractivity contribution >= 4 is 12.0 Å². The van der Waals surface area contributed by atoms with E-state index in [1.54, 1.807) is 0 Å². The molecule has 0 saturated heterocycles. The van der Waals surface area contributed by atoms with Crippen LogP contribution in [0.3, 0.4) is 0 Å². The molecule has 2 atom stereocenters. The van der Waals surface area contributed by atoms with Gasteiger partial charge in [0.1, 0.15) is 6.54 Å². The molecule has 5 heteroatoms. The largest absolute Gasteiger partial charge is 0.480 e. The average molecular weight is 258 g/mol. The summed E-state index contributed by atoms with van der Waals surface area (Å²) in [5.74, 6) is -0.487. The van der Waals surface area contributed by atoms with Crippen LogP contribution in [0.25, 0.3) is 0 Å². The second-order valence-electron chi connectivity index (χ2n) is 5.26. The highest BCUT2D eigenvalue weighted by molar-refractivity contribution is 5.80. The fourth-order valence-electron chi connectivity index (χ4n) is 1.85. The first kappa shape index (κ1) is 16.7. The Hall–Kier alpha value is -1.26. The number of carboxylic acids is 1. The van der Waals surface area contributed by atoms with E-state index < -0.39 is 5.97 Å². The number of nitrogens with one attached hydrogen (secondary N) is 1. The molecular formula is C13H26N2O3. The molecule has 0 fully saturated rings. The van der Waals surface area contributed by atoms with Gasteiger partial charge in [-0.05, 0) is 32.6 Å². The smallest absolute Gasteiger partial charge is 0.323 e. The van der Waals surface area contributed by atoms with Gasteiger partial charge in [0, 0.05) is 12.1 Å². The average Bonchev–Trinajstić information content (AvgIpc) is 2.23. The molecule has 5 nitrogen and oxygen atoms in total. The molecule has 0 bridgehead atoms. The van der Waals surface area contributed by atoms with Gasteiger partial charge in [0.05, 0.1) is 0 Å². The van der Waals surface area contributed by atoms with Crippen LogP contribution >= 0.6 is 0 Å². The lowest BCUT2D eigenvalue weighted by atomic mass is 10.1. The third-order valence-corrected chi connectivity index (χ3v) is 2.88. The molecule has 2 unspecified atom stereocenters. The van der Waals surface area contributed by atoms with Gasteiger partial charge in [0.2, 0.25) is 0 Å². The van der Waals surface area contributed by atoms with E-state index in [1.807, 2.05) is 20.8 Å². The van der Waals surface area contributed by atoms with E-state index >= 15 is 0 Å². The van der Waals surface area contributed by atoms with Gasteiger partial charge in [0.15, 0.2) is 0 Å². The maximum atomic E-state index is 12.0. The number of amides is 2. The van der Waals surface area contributed by atoms with Crippen LogP contribution < -0.4 is 5.32 Å². The zero-order valence-corrected chi connectivity index (χ0v) is 12.1. The van der Waals surface area contributed by atoms with Crippen LogP contribution in [0.4, 0.5) is 4.79 Å². The van der Waals surface area contributed by atoms with Crippen molar-refractivity contribution in [1.29, 1.82) is 0 Å². The summed E-state index contributed by atoms with van der Waals surface area (Å²) in [7, 11) is 0. The molecule has 0 saturated carbocycles. The second-order valence-corrected chi connectivity index (χ2v) is 5.26. The Kier molecular flexibility index (Phi) is 7.39. The van der Waals surface area contributed by atoms with Gasteiger partial charge >= 0.3 is 12.0 Å². The highest BCUT2D eigenvalue weighted by Crippen LogP contribution is 2.07. The van der Waals surface area contributed by atoms with Gasteiger partial charge in [0.25, 0.3) is 0 Å². The van der Waals surface area contributed by atoms with Gasteiger partial charge < -0.3 is 15.3 Å². The van der Waals surface area contributed by atoms with Crippen LogP contribution in [-0.4, -0.2) is 40.6 Å². The number of aliphatic carboxylic acids is 1. The molecule has 0 heterocycles. The summed E-state index contributed by atoms with van der Waals surface area (Å²) in [5, 5.41) is 11.7. The van der Waals surface area contributed by atoms with E-state index in [2.05, 4.69) is 19.2 Å². The molecule has 0 aliphatic rings. The zero-order chi connectivity index (χ0) is 14.3. The summed E-state index contributed by atoms with van der Waals surface area (Å²) in [6.07, 6.45) is 1.62. The van der Waals surface area contributed by atoms with E-state index in [9.17, 15) is 9.59 Å². The maximum Gasteiger partial charge on any atom is 0.323 e. The van der Waals surface area contributed by atoms with Crippen LogP contribution in [-0.2, 0) is 4.79 Å². The molecule has 0 rings (SSSR count). The van der Waals surface area contributed by atoms with E-state index in [1.165, 1.54) is 4.90 Å². The van der Waals surface area contributed by atoms with Crippen molar-refractivity contribution in [3.8, 4) is 0 Å². The van der Waals surface area contributed by atoms with Crippen LogP contribution in [0.15, 0.2) is 0 Å². The normalized spacial score (nSPS) is 14.1. The number of carbonyl (C=O) groups excluding carboxylic acids is 1. The molecule has 0 aromatic carbocycles. The second kappa shape index (κ2) is 7.95. The molecule has 0 radical (unpaired) electrons. The first-order valence-corrected chi connectivity index (χ1v) is 6.56. The van der Waals surface area contributed by atoms with Gasteiger partial charge in [-0.25, -0.2) is 4.79 Å². The minimum Gasteiger partial charge on any atom is -0.480 e. The van der Waals surface area contributed by atoms with Crippen molar-refractivity contribution in [3.05, 3.63) is 0 Å². The summed E-state index contributed by atoms with van der Waals surface area (Å²) in [6, 6.07) is -0.315. The van der Waals surface area contributed by atoms with Gasteiger partial charge in [-0.2, -0.15) is 0 Å². The number of hydrogen-bond acceptors (Lipinski definition) is 2. The van der Waals surface area contributed by atoms with E-state index in [4.69, 9.17) is 5.11 Å². The third-order valence-electron chi connectivity index (χ3n) is 2.88. The summed E-state index contributed by atoms with van der Waals surface area (Å²) >= 11 is 0. The molecule has 2 N–H and O–H groups in total. The molecule has 0 aromatic rings. The minimum absolute atomic E-state index is 0.0536. The summed E-state index contributed by atoms with van der Waals surface area (Å²) in [5.41, 5.74) is 0. The molecule has 18 heavy (non-hydrogen) atoms. The predicted octanol–water partition coefficient (Wildman–Crippen LogP) is 2.32. The lowest BCUT2D eigenvalue weighted by Gasteiger charge is -2.29. The van der Waals surface area contributed by atoms with Gasteiger partial charge in [-0.1, -0.05) is 20.8 Å². The summed E-state index contributed by atoms with van der Waals surface area (Å²) < 4.78 is 0. The highest BCUT2D eigenvalue weighted by Gasteiger charge is 2.22. The zero-order valence-electron chi connectivity index (χ0n) is 12.1. The Morgan fingerprint density at radius 1 is 1.22 bits per heavy atom. The van der Waals surface area contributed by atoms with Crippen LogP contribution in [0.2, 0.25) is 0 Å². The van der Waals surface area contributed by atoms with Gasteiger partial charge in [-0.15, -0.1) is 0 Å². The standard InChI is InChI=1S/C13H26N2O3/c1-6-11(5)15(8-12(16)17)13(18)14-10(4)7-9(2)3/h9-11H,6-8H2,1-5H3,(H,14,18)(H,16,17). The van der Waals surface area contributed by atoms with Crippen molar-refractivity contribution < 1.29 is 14.7 Å². The lowest BCUT2D eigenvalue weighted by Crippen LogP contribution is -2.49.